The second kappa shape index (κ2) is 5.09. The van der Waals surface area contributed by atoms with E-state index in [1.165, 1.54) is 18.3 Å². The zero-order valence-corrected chi connectivity index (χ0v) is 11.6. The Bertz CT molecular complexity index is 808. The third-order valence-electron chi connectivity index (χ3n) is 2.88. The molecule has 0 saturated carbocycles. The van der Waals surface area contributed by atoms with E-state index < -0.39 is 17.7 Å². The minimum absolute atomic E-state index is 0.127. The molecule has 0 saturated heterocycles. The minimum atomic E-state index is -4.72. The number of anilines is 1. The first-order valence-corrected chi connectivity index (χ1v) is 6.86. The van der Waals surface area contributed by atoms with Gasteiger partial charge in [0.2, 0.25) is 5.13 Å². The standard InChI is InChI=1S/C13H8F4N4S/c14-10-5-7(18)1-2-8(10)9-6-21(12-19-3-4-22-12)20-11(9)13(15,16)17/h1-6H,18H2. The van der Waals surface area contributed by atoms with Gasteiger partial charge >= 0.3 is 6.18 Å². The highest BCUT2D eigenvalue weighted by molar-refractivity contribution is 7.12. The Kier molecular flexibility index (Phi) is 3.36. The summed E-state index contributed by atoms with van der Waals surface area (Å²) in [4.78, 5) is 3.89. The van der Waals surface area contributed by atoms with Gasteiger partial charge in [-0.15, -0.1) is 11.3 Å². The Labute approximate surface area is 125 Å². The molecule has 9 heteroatoms. The Morgan fingerprint density at radius 2 is 1.95 bits per heavy atom. The molecule has 0 fully saturated rings. The summed E-state index contributed by atoms with van der Waals surface area (Å²) in [7, 11) is 0. The summed E-state index contributed by atoms with van der Waals surface area (Å²) in [5, 5.41) is 5.37. The first-order chi connectivity index (χ1) is 10.4. The minimum Gasteiger partial charge on any atom is -0.399 e. The van der Waals surface area contributed by atoms with Crippen LogP contribution in [0, 0.1) is 5.82 Å². The van der Waals surface area contributed by atoms with E-state index in [1.807, 2.05) is 0 Å². The van der Waals surface area contributed by atoms with E-state index in [4.69, 9.17) is 5.73 Å². The van der Waals surface area contributed by atoms with Gasteiger partial charge in [-0.3, -0.25) is 0 Å². The Balaban J connectivity index is 2.21. The lowest BCUT2D eigenvalue weighted by Gasteiger charge is -2.07. The number of nitrogens with two attached hydrogens (primary N) is 1. The second-order valence-electron chi connectivity index (χ2n) is 4.39. The average Bonchev–Trinajstić information content (AvgIpc) is 3.06. The van der Waals surface area contributed by atoms with Crippen LogP contribution in [0.15, 0.2) is 36.0 Å². The molecule has 22 heavy (non-hydrogen) atoms. The highest BCUT2D eigenvalue weighted by Crippen LogP contribution is 2.38. The highest BCUT2D eigenvalue weighted by Gasteiger charge is 2.38. The van der Waals surface area contributed by atoms with Gasteiger partial charge in [0.05, 0.1) is 0 Å². The van der Waals surface area contributed by atoms with E-state index in [2.05, 4.69) is 10.1 Å². The van der Waals surface area contributed by atoms with Gasteiger partial charge in [-0.1, -0.05) is 0 Å². The topological polar surface area (TPSA) is 56.7 Å². The van der Waals surface area contributed by atoms with Crippen molar-refractivity contribution in [2.75, 3.05) is 5.73 Å². The van der Waals surface area contributed by atoms with Crippen LogP contribution >= 0.6 is 11.3 Å². The summed E-state index contributed by atoms with van der Waals surface area (Å²) < 4.78 is 54.4. The molecular weight excluding hydrogens is 320 g/mol. The predicted molar refractivity (Wildman–Crippen MR) is 74.0 cm³/mol. The molecule has 1 aromatic carbocycles. The van der Waals surface area contributed by atoms with E-state index in [-0.39, 0.29) is 21.9 Å². The number of aromatic nitrogens is 3. The zero-order chi connectivity index (χ0) is 15.9. The number of benzene rings is 1. The van der Waals surface area contributed by atoms with Crippen molar-refractivity contribution in [1.82, 2.24) is 14.8 Å². The number of nitrogens with zero attached hydrogens (tertiary/aromatic N) is 3. The van der Waals surface area contributed by atoms with Gasteiger partial charge in [-0.05, 0) is 18.2 Å². The molecule has 2 aromatic heterocycles. The van der Waals surface area contributed by atoms with Gasteiger partial charge < -0.3 is 5.73 Å². The molecule has 4 nitrogen and oxygen atoms in total. The second-order valence-corrected chi connectivity index (χ2v) is 5.26. The van der Waals surface area contributed by atoms with Crippen LogP contribution in [0.3, 0.4) is 0 Å². The van der Waals surface area contributed by atoms with E-state index in [0.717, 1.165) is 28.3 Å². The largest absolute Gasteiger partial charge is 0.435 e. The first-order valence-electron chi connectivity index (χ1n) is 5.98. The van der Waals surface area contributed by atoms with Gasteiger partial charge in [0, 0.05) is 34.6 Å². The quantitative estimate of drug-likeness (QED) is 0.576. The molecule has 3 rings (SSSR count). The smallest absolute Gasteiger partial charge is 0.399 e. The van der Waals surface area contributed by atoms with Crippen LogP contribution in [-0.4, -0.2) is 14.8 Å². The summed E-state index contributed by atoms with van der Waals surface area (Å²) in [6, 6.07) is 3.50. The normalized spacial score (nSPS) is 11.8. The number of thiazole rings is 1. The average molecular weight is 328 g/mol. The molecular formula is C13H8F4N4S. The van der Waals surface area contributed by atoms with Crippen molar-refractivity contribution in [2.24, 2.45) is 0 Å². The predicted octanol–water partition coefficient (Wildman–Crippen LogP) is 3.74. The monoisotopic (exact) mass is 328 g/mol. The summed E-state index contributed by atoms with van der Waals surface area (Å²) in [6.07, 6.45) is -2.17. The Morgan fingerprint density at radius 3 is 2.55 bits per heavy atom. The van der Waals surface area contributed by atoms with Crippen LogP contribution in [0.1, 0.15) is 5.69 Å². The molecule has 0 bridgehead atoms. The Morgan fingerprint density at radius 1 is 1.18 bits per heavy atom. The van der Waals surface area contributed by atoms with E-state index >= 15 is 0 Å². The van der Waals surface area contributed by atoms with Crippen molar-refractivity contribution in [3.8, 4) is 16.3 Å². The van der Waals surface area contributed by atoms with Crippen LogP contribution in [0.2, 0.25) is 0 Å². The van der Waals surface area contributed by atoms with Crippen molar-refractivity contribution in [2.45, 2.75) is 6.18 Å². The van der Waals surface area contributed by atoms with Gasteiger partial charge in [-0.25, -0.2) is 14.1 Å². The van der Waals surface area contributed by atoms with Crippen LogP contribution in [0.5, 0.6) is 0 Å². The van der Waals surface area contributed by atoms with E-state index in [1.54, 1.807) is 5.38 Å². The zero-order valence-electron chi connectivity index (χ0n) is 10.8. The van der Waals surface area contributed by atoms with Crippen LogP contribution in [0.25, 0.3) is 16.3 Å². The van der Waals surface area contributed by atoms with E-state index in [9.17, 15) is 17.6 Å². The maximum absolute atomic E-state index is 14.0. The Hall–Kier alpha value is -2.42. The molecule has 0 amide bonds. The lowest BCUT2D eigenvalue weighted by atomic mass is 10.1. The van der Waals surface area contributed by atoms with Crippen molar-refractivity contribution in [1.29, 1.82) is 0 Å². The van der Waals surface area contributed by atoms with Gasteiger partial charge in [0.25, 0.3) is 0 Å². The third kappa shape index (κ3) is 2.54. The SMILES string of the molecule is Nc1ccc(-c2cn(-c3nccs3)nc2C(F)(F)F)c(F)c1. The van der Waals surface area contributed by atoms with Gasteiger partial charge in [0.15, 0.2) is 5.69 Å². The number of alkyl halides is 3. The lowest BCUT2D eigenvalue weighted by Crippen LogP contribution is -2.09. The molecule has 0 aliphatic heterocycles. The molecule has 2 heterocycles. The van der Waals surface area contributed by atoms with Crippen LogP contribution < -0.4 is 5.73 Å². The van der Waals surface area contributed by atoms with Crippen molar-refractivity contribution in [3.05, 3.63) is 47.5 Å². The maximum atomic E-state index is 14.0. The molecule has 0 spiro atoms. The number of hydrogen-bond acceptors (Lipinski definition) is 4. The van der Waals surface area contributed by atoms with Crippen molar-refractivity contribution >= 4 is 17.0 Å². The fraction of sp³-hybridized carbons (Fsp3) is 0.0769. The van der Waals surface area contributed by atoms with E-state index in [0.29, 0.717) is 0 Å². The molecule has 0 aliphatic carbocycles. The fourth-order valence-corrected chi connectivity index (χ4v) is 2.52. The van der Waals surface area contributed by atoms with Gasteiger partial charge in [-0.2, -0.15) is 18.3 Å². The number of halogens is 4. The molecule has 0 aliphatic rings. The van der Waals surface area contributed by atoms with Crippen LogP contribution in [-0.2, 0) is 6.18 Å². The molecule has 0 atom stereocenters. The summed E-state index contributed by atoms with van der Waals surface area (Å²) >= 11 is 1.12. The highest BCUT2D eigenvalue weighted by atomic mass is 32.1. The summed E-state index contributed by atoms with van der Waals surface area (Å²) in [5.74, 6) is -0.843. The van der Waals surface area contributed by atoms with Gasteiger partial charge in [0.1, 0.15) is 5.82 Å². The summed E-state index contributed by atoms with van der Waals surface area (Å²) in [5.41, 5.74) is 3.79. The maximum Gasteiger partial charge on any atom is 0.435 e. The number of rotatable bonds is 2. The van der Waals surface area contributed by atoms with Crippen molar-refractivity contribution < 1.29 is 17.6 Å². The molecule has 114 valence electrons. The first kappa shape index (κ1) is 14.5. The molecule has 0 unspecified atom stereocenters. The van der Waals surface area contributed by atoms with Crippen molar-refractivity contribution in [3.63, 3.8) is 0 Å². The number of nitrogen functional groups attached to an aromatic ring is 1. The summed E-state index contributed by atoms with van der Waals surface area (Å²) in [6.45, 7) is 0. The third-order valence-corrected chi connectivity index (χ3v) is 3.64. The number of hydrogen-bond donors (Lipinski definition) is 1. The van der Waals surface area contributed by atoms with Crippen LogP contribution in [0.4, 0.5) is 23.2 Å². The molecule has 0 radical (unpaired) electrons. The fourth-order valence-electron chi connectivity index (χ4n) is 1.96. The molecule has 3 aromatic rings. The molecule has 2 N–H and O–H groups in total. The lowest BCUT2D eigenvalue weighted by molar-refractivity contribution is -0.140.